The van der Waals surface area contributed by atoms with Gasteiger partial charge in [0.2, 0.25) is 0 Å². The number of methoxy groups -OCH3 is 1. The van der Waals surface area contributed by atoms with E-state index in [-0.39, 0.29) is 0 Å². The third kappa shape index (κ3) is 4.16. The van der Waals surface area contributed by atoms with Gasteiger partial charge in [-0.25, -0.2) is 0 Å². The molecule has 0 bridgehead atoms. The smallest absolute Gasteiger partial charge is 0.122 e. The summed E-state index contributed by atoms with van der Waals surface area (Å²) in [5.74, 6) is 1.07. The van der Waals surface area contributed by atoms with Gasteiger partial charge in [-0.2, -0.15) is 0 Å². The molecule has 0 N–H and O–H groups in total. The minimum atomic E-state index is -1.21. The fourth-order valence-electron chi connectivity index (χ4n) is 2.61. The Hall–Kier alpha value is -0.763. The monoisotopic (exact) mass is 264 g/mol. The molecule has 0 fully saturated rings. The van der Waals surface area contributed by atoms with Crippen LogP contribution in [0.25, 0.3) is 0 Å². The van der Waals surface area contributed by atoms with Crippen LogP contribution >= 0.6 is 0 Å². The summed E-state index contributed by atoms with van der Waals surface area (Å²) in [7, 11) is 0.579. The van der Waals surface area contributed by atoms with Crippen molar-refractivity contribution < 1.29 is 4.74 Å². The molecule has 1 rings (SSSR count). The SMILES string of the molecule is CCCCCC(c1ccccc1OC)[Si](C)(C)C. The summed E-state index contributed by atoms with van der Waals surface area (Å²) in [6.45, 7) is 9.68. The Labute approximate surface area is 114 Å². The first-order valence-corrected chi connectivity index (χ1v) is 10.7. The van der Waals surface area contributed by atoms with E-state index < -0.39 is 8.07 Å². The number of benzene rings is 1. The summed E-state index contributed by atoms with van der Waals surface area (Å²) in [4.78, 5) is 0. The van der Waals surface area contributed by atoms with E-state index in [2.05, 4.69) is 50.8 Å². The molecule has 0 saturated carbocycles. The number of rotatable bonds is 7. The number of hydrogen-bond donors (Lipinski definition) is 0. The van der Waals surface area contributed by atoms with E-state index in [1.54, 1.807) is 7.11 Å². The van der Waals surface area contributed by atoms with Gasteiger partial charge in [0, 0.05) is 0 Å². The summed E-state index contributed by atoms with van der Waals surface area (Å²) in [5.41, 5.74) is 2.13. The number of ether oxygens (including phenoxy) is 1. The van der Waals surface area contributed by atoms with E-state index in [1.807, 2.05) is 0 Å². The Bertz CT molecular complexity index is 354. The molecule has 1 aromatic carbocycles. The average Bonchev–Trinajstić information content (AvgIpc) is 2.33. The molecule has 0 aliphatic heterocycles. The van der Waals surface area contributed by atoms with Crippen molar-refractivity contribution in [3.05, 3.63) is 29.8 Å². The van der Waals surface area contributed by atoms with Crippen molar-refractivity contribution in [1.82, 2.24) is 0 Å². The minimum Gasteiger partial charge on any atom is -0.496 e. The second-order valence-corrected chi connectivity index (χ2v) is 11.6. The highest BCUT2D eigenvalue weighted by Crippen LogP contribution is 2.36. The molecule has 102 valence electrons. The number of hydrogen-bond acceptors (Lipinski definition) is 1. The zero-order valence-corrected chi connectivity index (χ0v) is 13.6. The van der Waals surface area contributed by atoms with Crippen molar-refractivity contribution in [2.45, 2.75) is 57.8 Å². The van der Waals surface area contributed by atoms with Crippen molar-refractivity contribution in [2.75, 3.05) is 7.11 Å². The van der Waals surface area contributed by atoms with Crippen LogP contribution in [0.1, 0.15) is 43.7 Å². The summed E-state index contributed by atoms with van der Waals surface area (Å²) in [6, 6.07) is 8.57. The summed E-state index contributed by atoms with van der Waals surface area (Å²) in [5, 5.41) is 0. The third-order valence-electron chi connectivity index (χ3n) is 3.66. The van der Waals surface area contributed by atoms with Gasteiger partial charge in [-0.1, -0.05) is 64.0 Å². The Balaban J connectivity index is 2.94. The lowest BCUT2D eigenvalue weighted by Crippen LogP contribution is -2.31. The summed E-state index contributed by atoms with van der Waals surface area (Å²) >= 11 is 0. The molecule has 0 saturated heterocycles. The largest absolute Gasteiger partial charge is 0.496 e. The zero-order chi connectivity index (χ0) is 13.6. The summed E-state index contributed by atoms with van der Waals surface area (Å²) in [6.07, 6.45) is 5.29. The first-order valence-electron chi connectivity index (χ1n) is 7.13. The van der Waals surface area contributed by atoms with Crippen LogP contribution < -0.4 is 4.74 Å². The van der Waals surface area contributed by atoms with E-state index in [1.165, 1.54) is 31.2 Å². The lowest BCUT2D eigenvalue weighted by atomic mass is 10.0. The molecule has 0 aliphatic carbocycles. The third-order valence-corrected chi connectivity index (χ3v) is 6.35. The van der Waals surface area contributed by atoms with Gasteiger partial charge in [0.05, 0.1) is 15.2 Å². The molecule has 18 heavy (non-hydrogen) atoms. The maximum Gasteiger partial charge on any atom is 0.122 e. The quantitative estimate of drug-likeness (QED) is 0.483. The zero-order valence-electron chi connectivity index (χ0n) is 12.6. The highest BCUT2D eigenvalue weighted by molar-refractivity contribution is 6.77. The number of para-hydroxylation sites is 1. The molecular formula is C16H28OSi. The van der Waals surface area contributed by atoms with Crippen molar-refractivity contribution in [3.63, 3.8) is 0 Å². The summed E-state index contributed by atoms with van der Waals surface area (Å²) < 4.78 is 5.55. The molecule has 0 radical (unpaired) electrons. The van der Waals surface area contributed by atoms with Crippen LogP contribution in [0.15, 0.2) is 24.3 Å². The maximum absolute atomic E-state index is 5.55. The van der Waals surface area contributed by atoms with Crippen molar-refractivity contribution in [1.29, 1.82) is 0 Å². The van der Waals surface area contributed by atoms with Crippen LogP contribution in [0.4, 0.5) is 0 Å². The van der Waals surface area contributed by atoms with Gasteiger partial charge in [-0.05, 0) is 23.6 Å². The Kier molecular flexibility index (Phi) is 5.93. The van der Waals surface area contributed by atoms with Crippen LogP contribution in [-0.2, 0) is 0 Å². The van der Waals surface area contributed by atoms with Crippen LogP contribution in [0.5, 0.6) is 5.75 Å². The first kappa shape index (κ1) is 15.3. The molecule has 0 aromatic heterocycles. The highest BCUT2D eigenvalue weighted by Gasteiger charge is 2.29. The van der Waals surface area contributed by atoms with E-state index in [9.17, 15) is 0 Å². The van der Waals surface area contributed by atoms with Crippen molar-refractivity contribution in [3.8, 4) is 5.75 Å². The fraction of sp³-hybridized carbons (Fsp3) is 0.625. The second-order valence-electron chi connectivity index (χ2n) is 6.16. The molecule has 0 aliphatic rings. The standard InChI is InChI=1S/C16H28OSi/c1-6-7-8-13-16(18(3,4)5)14-11-9-10-12-15(14)17-2/h9-12,16H,6-8,13H2,1-5H3. The fourth-order valence-corrected chi connectivity index (χ4v) is 4.85. The predicted molar refractivity (Wildman–Crippen MR) is 83.2 cm³/mol. The van der Waals surface area contributed by atoms with Crippen molar-refractivity contribution >= 4 is 8.07 Å². The van der Waals surface area contributed by atoms with Crippen LogP contribution in [0, 0.1) is 0 Å². The van der Waals surface area contributed by atoms with Gasteiger partial charge in [-0.3, -0.25) is 0 Å². The Morgan fingerprint density at radius 3 is 2.33 bits per heavy atom. The van der Waals surface area contributed by atoms with Crippen molar-refractivity contribution in [2.24, 2.45) is 0 Å². The van der Waals surface area contributed by atoms with E-state index in [0.29, 0.717) is 5.54 Å². The van der Waals surface area contributed by atoms with Crippen LogP contribution in [0.2, 0.25) is 19.6 Å². The van der Waals surface area contributed by atoms with E-state index >= 15 is 0 Å². The van der Waals surface area contributed by atoms with Crippen LogP contribution in [0.3, 0.4) is 0 Å². The molecule has 1 aromatic rings. The number of unbranched alkanes of at least 4 members (excludes halogenated alkanes) is 2. The van der Waals surface area contributed by atoms with Crippen LogP contribution in [-0.4, -0.2) is 15.2 Å². The molecule has 0 heterocycles. The average molecular weight is 264 g/mol. The lowest BCUT2D eigenvalue weighted by molar-refractivity contribution is 0.407. The second kappa shape index (κ2) is 6.98. The molecule has 1 atom stereocenters. The van der Waals surface area contributed by atoms with Gasteiger partial charge in [0.25, 0.3) is 0 Å². The molecule has 0 spiro atoms. The minimum absolute atomic E-state index is 0.709. The van der Waals surface area contributed by atoms with Gasteiger partial charge < -0.3 is 4.74 Å². The normalized spacial score (nSPS) is 13.4. The molecule has 2 heteroatoms. The molecular weight excluding hydrogens is 236 g/mol. The topological polar surface area (TPSA) is 9.23 Å². The van der Waals surface area contributed by atoms with Gasteiger partial charge in [-0.15, -0.1) is 0 Å². The van der Waals surface area contributed by atoms with Gasteiger partial charge >= 0.3 is 0 Å². The Morgan fingerprint density at radius 2 is 1.78 bits per heavy atom. The molecule has 1 nitrogen and oxygen atoms in total. The molecule has 0 amide bonds. The van der Waals surface area contributed by atoms with Gasteiger partial charge in [0.15, 0.2) is 0 Å². The maximum atomic E-state index is 5.55. The predicted octanol–water partition coefficient (Wildman–Crippen LogP) is 5.24. The lowest BCUT2D eigenvalue weighted by Gasteiger charge is -2.30. The van der Waals surface area contributed by atoms with E-state index in [4.69, 9.17) is 4.74 Å². The van der Waals surface area contributed by atoms with Gasteiger partial charge in [0.1, 0.15) is 5.75 Å². The molecule has 1 unspecified atom stereocenters. The van der Waals surface area contributed by atoms with E-state index in [0.717, 1.165) is 5.75 Å². The highest BCUT2D eigenvalue weighted by atomic mass is 28.3. The Morgan fingerprint density at radius 1 is 1.11 bits per heavy atom. The first-order chi connectivity index (χ1) is 8.50.